The number of alkyl halides is 3. The summed E-state index contributed by atoms with van der Waals surface area (Å²) in [5, 5.41) is 3.20. The van der Waals surface area contributed by atoms with Crippen molar-refractivity contribution in [2.24, 2.45) is 5.73 Å². The van der Waals surface area contributed by atoms with Crippen molar-refractivity contribution < 1.29 is 18.0 Å². The third-order valence-electron chi connectivity index (χ3n) is 2.20. The molecule has 106 valence electrons. The second-order valence-corrected chi connectivity index (χ2v) is 5.21. The standard InChI is InChI=1S/C11H12ClF3N2OS/c12-9-5-7(10(16)18)1-2-8(9)6-17-3-4-19-11(13,14)15/h1-2,5,17H,3-4,6H2,(H2,16,18). The maximum Gasteiger partial charge on any atom is 0.441 e. The van der Waals surface area contributed by atoms with Gasteiger partial charge in [-0.3, -0.25) is 4.79 Å². The molecule has 1 aromatic rings. The zero-order valence-corrected chi connectivity index (χ0v) is 11.3. The first kappa shape index (κ1) is 16.1. The van der Waals surface area contributed by atoms with E-state index in [1.807, 2.05) is 0 Å². The quantitative estimate of drug-likeness (QED) is 0.794. The third-order valence-corrected chi connectivity index (χ3v) is 3.29. The van der Waals surface area contributed by atoms with Crippen LogP contribution in [0.3, 0.4) is 0 Å². The summed E-state index contributed by atoms with van der Waals surface area (Å²) in [5.41, 5.74) is 1.88. The van der Waals surface area contributed by atoms with Gasteiger partial charge in [-0.05, 0) is 29.5 Å². The Labute approximate surface area is 117 Å². The molecule has 0 saturated heterocycles. The summed E-state index contributed by atoms with van der Waals surface area (Å²) in [6, 6.07) is 4.58. The molecule has 0 unspecified atom stereocenters. The molecule has 0 aliphatic rings. The van der Waals surface area contributed by atoms with E-state index in [1.165, 1.54) is 12.1 Å². The fraction of sp³-hybridized carbons (Fsp3) is 0.364. The number of nitrogens with one attached hydrogen (secondary N) is 1. The Kier molecular flexibility index (Phi) is 5.96. The normalized spacial score (nSPS) is 11.6. The molecule has 0 saturated carbocycles. The van der Waals surface area contributed by atoms with Gasteiger partial charge in [-0.15, -0.1) is 0 Å². The number of halogens is 4. The van der Waals surface area contributed by atoms with Crippen LogP contribution in [0, 0.1) is 0 Å². The Bertz CT molecular complexity index is 454. The molecule has 1 aromatic carbocycles. The minimum absolute atomic E-state index is 0.0690. The van der Waals surface area contributed by atoms with Gasteiger partial charge in [-0.2, -0.15) is 13.2 Å². The van der Waals surface area contributed by atoms with Gasteiger partial charge in [-0.25, -0.2) is 0 Å². The summed E-state index contributed by atoms with van der Waals surface area (Å²) in [7, 11) is 0. The van der Waals surface area contributed by atoms with E-state index < -0.39 is 11.4 Å². The minimum Gasteiger partial charge on any atom is -0.366 e. The molecule has 19 heavy (non-hydrogen) atoms. The number of carbonyl (C=O) groups excluding carboxylic acids is 1. The summed E-state index contributed by atoms with van der Waals surface area (Å²) in [6.45, 7) is 0.536. The number of amides is 1. The highest BCUT2D eigenvalue weighted by atomic mass is 35.5. The van der Waals surface area contributed by atoms with E-state index in [-0.39, 0.29) is 24.1 Å². The van der Waals surface area contributed by atoms with Crippen LogP contribution in [0.15, 0.2) is 18.2 Å². The lowest BCUT2D eigenvalue weighted by atomic mass is 10.1. The first-order valence-electron chi connectivity index (χ1n) is 5.29. The van der Waals surface area contributed by atoms with Crippen molar-refractivity contribution in [1.82, 2.24) is 5.32 Å². The molecular weight excluding hydrogens is 301 g/mol. The molecule has 3 nitrogen and oxygen atoms in total. The molecule has 0 radical (unpaired) electrons. The molecule has 0 aliphatic carbocycles. The number of rotatable bonds is 6. The molecule has 0 heterocycles. The predicted molar refractivity (Wildman–Crippen MR) is 70.2 cm³/mol. The van der Waals surface area contributed by atoms with Crippen molar-refractivity contribution in [3.63, 3.8) is 0 Å². The molecule has 0 aliphatic heterocycles. The van der Waals surface area contributed by atoms with Crippen LogP contribution in [-0.2, 0) is 6.54 Å². The maximum absolute atomic E-state index is 11.9. The van der Waals surface area contributed by atoms with Gasteiger partial charge in [0, 0.05) is 29.4 Å². The molecule has 0 fully saturated rings. The van der Waals surface area contributed by atoms with Crippen LogP contribution >= 0.6 is 23.4 Å². The van der Waals surface area contributed by atoms with Crippen molar-refractivity contribution in [3.05, 3.63) is 34.3 Å². The second kappa shape index (κ2) is 7.02. The summed E-state index contributed by atoms with van der Waals surface area (Å²) < 4.78 is 35.6. The smallest absolute Gasteiger partial charge is 0.366 e. The molecule has 8 heteroatoms. The van der Waals surface area contributed by atoms with Gasteiger partial charge in [0.05, 0.1) is 0 Å². The monoisotopic (exact) mass is 312 g/mol. The molecular formula is C11H12ClF3N2OS. The van der Waals surface area contributed by atoms with Gasteiger partial charge < -0.3 is 11.1 Å². The maximum atomic E-state index is 11.9. The lowest BCUT2D eigenvalue weighted by Crippen LogP contribution is -2.19. The van der Waals surface area contributed by atoms with E-state index >= 15 is 0 Å². The van der Waals surface area contributed by atoms with Gasteiger partial charge in [0.1, 0.15) is 0 Å². The zero-order chi connectivity index (χ0) is 14.5. The van der Waals surface area contributed by atoms with E-state index in [9.17, 15) is 18.0 Å². The number of primary amides is 1. The van der Waals surface area contributed by atoms with Crippen molar-refractivity contribution >= 4 is 29.3 Å². The molecule has 0 bridgehead atoms. The van der Waals surface area contributed by atoms with Crippen LogP contribution < -0.4 is 11.1 Å². The average Bonchev–Trinajstić information content (AvgIpc) is 2.28. The van der Waals surface area contributed by atoms with Gasteiger partial charge in [0.2, 0.25) is 5.91 Å². The SMILES string of the molecule is NC(=O)c1ccc(CNCCSC(F)(F)F)c(Cl)c1. The van der Waals surface area contributed by atoms with Crippen molar-refractivity contribution in [3.8, 4) is 0 Å². The van der Waals surface area contributed by atoms with Crippen molar-refractivity contribution in [2.75, 3.05) is 12.3 Å². The number of benzene rings is 1. The van der Waals surface area contributed by atoms with E-state index in [2.05, 4.69) is 5.32 Å². The highest BCUT2D eigenvalue weighted by Gasteiger charge is 2.27. The lowest BCUT2D eigenvalue weighted by molar-refractivity contribution is -0.0327. The summed E-state index contributed by atoms with van der Waals surface area (Å²) in [5.74, 6) is -0.650. The molecule has 0 aromatic heterocycles. The van der Waals surface area contributed by atoms with E-state index in [1.54, 1.807) is 6.07 Å². The Hall–Kier alpha value is -0.920. The van der Waals surface area contributed by atoms with E-state index in [0.717, 1.165) is 0 Å². The van der Waals surface area contributed by atoms with Gasteiger partial charge in [0.25, 0.3) is 0 Å². The van der Waals surface area contributed by atoms with Gasteiger partial charge in [0.15, 0.2) is 0 Å². The highest BCUT2D eigenvalue weighted by molar-refractivity contribution is 8.00. The summed E-state index contributed by atoms with van der Waals surface area (Å²) in [4.78, 5) is 10.9. The molecule has 3 N–H and O–H groups in total. The Morgan fingerprint density at radius 2 is 2.11 bits per heavy atom. The highest BCUT2D eigenvalue weighted by Crippen LogP contribution is 2.29. The minimum atomic E-state index is -4.21. The zero-order valence-electron chi connectivity index (χ0n) is 9.76. The second-order valence-electron chi connectivity index (χ2n) is 3.64. The summed E-state index contributed by atoms with van der Waals surface area (Å²) >= 11 is 5.85. The molecule has 0 spiro atoms. The first-order valence-corrected chi connectivity index (χ1v) is 6.65. The fourth-order valence-corrected chi connectivity index (χ4v) is 2.03. The van der Waals surface area contributed by atoms with Gasteiger partial charge in [-0.1, -0.05) is 17.7 Å². The number of thioether (sulfide) groups is 1. The Morgan fingerprint density at radius 1 is 1.42 bits per heavy atom. The largest absolute Gasteiger partial charge is 0.441 e. The Morgan fingerprint density at radius 3 is 2.63 bits per heavy atom. The number of carbonyl (C=O) groups is 1. The van der Waals surface area contributed by atoms with Crippen LogP contribution in [-0.4, -0.2) is 23.7 Å². The average molecular weight is 313 g/mol. The van der Waals surface area contributed by atoms with E-state index in [0.29, 0.717) is 22.7 Å². The fourth-order valence-electron chi connectivity index (χ4n) is 1.31. The van der Waals surface area contributed by atoms with Crippen LogP contribution in [0.1, 0.15) is 15.9 Å². The Balaban J connectivity index is 2.40. The molecule has 1 rings (SSSR count). The lowest BCUT2D eigenvalue weighted by Gasteiger charge is -2.08. The van der Waals surface area contributed by atoms with Crippen LogP contribution in [0.25, 0.3) is 0 Å². The topological polar surface area (TPSA) is 55.1 Å². The summed E-state index contributed by atoms with van der Waals surface area (Å²) in [6.07, 6.45) is 0. The number of hydrogen-bond acceptors (Lipinski definition) is 3. The van der Waals surface area contributed by atoms with Crippen LogP contribution in [0.2, 0.25) is 5.02 Å². The van der Waals surface area contributed by atoms with Crippen molar-refractivity contribution in [1.29, 1.82) is 0 Å². The number of hydrogen-bond donors (Lipinski definition) is 2. The van der Waals surface area contributed by atoms with Crippen LogP contribution in [0.5, 0.6) is 0 Å². The molecule has 0 atom stereocenters. The van der Waals surface area contributed by atoms with Crippen LogP contribution in [0.4, 0.5) is 13.2 Å². The number of nitrogens with two attached hydrogens (primary N) is 1. The van der Waals surface area contributed by atoms with Gasteiger partial charge >= 0.3 is 5.51 Å². The first-order chi connectivity index (χ1) is 8.79. The molecule has 1 amide bonds. The third kappa shape index (κ3) is 6.17. The van der Waals surface area contributed by atoms with Crippen molar-refractivity contribution in [2.45, 2.75) is 12.1 Å². The predicted octanol–water partition coefficient (Wildman–Crippen LogP) is 2.78. The van der Waals surface area contributed by atoms with E-state index in [4.69, 9.17) is 17.3 Å².